The Morgan fingerprint density at radius 2 is 2.05 bits per heavy atom. The van der Waals surface area contributed by atoms with E-state index < -0.39 is 0 Å². The Balaban J connectivity index is 1.82. The van der Waals surface area contributed by atoms with Gasteiger partial charge in [0.25, 0.3) is 0 Å². The van der Waals surface area contributed by atoms with E-state index in [9.17, 15) is 4.79 Å². The van der Waals surface area contributed by atoms with E-state index in [0.29, 0.717) is 12.2 Å². The van der Waals surface area contributed by atoms with Gasteiger partial charge < -0.3 is 5.32 Å². The summed E-state index contributed by atoms with van der Waals surface area (Å²) in [5, 5.41) is 9.71. The van der Waals surface area contributed by atoms with Gasteiger partial charge >= 0.3 is 0 Å². The maximum atomic E-state index is 11.8. The van der Waals surface area contributed by atoms with Crippen molar-refractivity contribution in [2.45, 2.75) is 33.1 Å². The van der Waals surface area contributed by atoms with E-state index >= 15 is 0 Å². The summed E-state index contributed by atoms with van der Waals surface area (Å²) in [6, 6.07) is 10.1. The molecule has 2 aromatic rings. The maximum Gasteiger partial charge on any atom is 0.225 e. The Morgan fingerprint density at radius 1 is 1.32 bits per heavy atom. The number of nitrogens with one attached hydrogen (secondary N) is 2. The molecule has 0 aliphatic carbocycles. The number of benzene rings is 1. The fourth-order valence-corrected chi connectivity index (χ4v) is 1.82. The van der Waals surface area contributed by atoms with Crippen molar-refractivity contribution in [2.24, 2.45) is 0 Å². The smallest absolute Gasteiger partial charge is 0.225 e. The number of nitrogens with zero attached hydrogens (tertiary/aromatic N) is 1. The minimum Gasteiger partial charge on any atom is -0.309 e. The molecule has 1 aromatic carbocycles. The molecule has 19 heavy (non-hydrogen) atoms. The lowest BCUT2D eigenvalue weighted by molar-refractivity contribution is -0.116. The Labute approximate surface area is 113 Å². The number of carbonyl (C=O) groups is 1. The van der Waals surface area contributed by atoms with Crippen molar-refractivity contribution in [2.75, 3.05) is 5.32 Å². The first kappa shape index (κ1) is 13.3. The van der Waals surface area contributed by atoms with E-state index in [-0.39, 0.29) is 5.91 Å². The first-order chi connectivity index (χ1) is 9.17. The quantitative estimate of drug-likeness (QED) is 0.865. The van der Waals surface area contributed by atoms with Gasteiger partial charge in [0.2, 0.25) is 5.91 Å². The average molecular weight is 257 g/mol. The highest BCUT2D eigenvalue weighted by Gasteiger charge is 2.05. The van der Waals surface area contributed by atoms with Crippen LogP contribution < -0.4 is 5.32 Å². The topological polar surface area (TPSA) is 57.8 Å². The summed E-state index contributed by atoms with van der Waals surface area (Å²) in [5.74, 6) is 0.598. The Hall–Kier alpha value is -2.10. The molecule has 2 N–H and O–H groups in total. The molecule has 0 radical (unpaired) electrons. The van der Waals surface area contributed by atoms with Crippen LogP contribution in [0.5, 0.6) is 0 Å². The maximum absolute atomic E-state index is 11.8. The van der Waals surface area contributed by atoms with E-state index in [0.717, 1.165) is 18.5 Å². The van der Waals surface area contributed by atoms with Gasteiger partial charge in [-0.05, 0) is 25.3 Å². The molecule has 0 unspecified atom stereocenters. The number of anilines is 1. The first-order valence-electron chi connectivity index (χ1n) is 6.57. The predicted molar refractivity (Wildman–Crippen MR) is 76.1 cm³/mol. The normalized spacial score (nSPS) is 10.4. The third-order valence-electron chi connectivity index (χ3n) is 3.04. The van der Waals surface area contributed by atoms with Crippen LogP contribution in [-0.4, -0.2) is 16.1 Å². The van der Waals surface area contributed by atoms with Crippen molar-refractivity contribution in [1.82, 2.24) is 10.2 Å². The third-order valence-corrected chi connectivity index (χ3v) is 3.04. The van der Waals surface area contributed by atoms with E-state index in [4.69, 9.17) is 0 Å². The van der Waals surface area contributed by atoms with Crippen LogP contribution in [0.15, 0.2) is 30.3 Å². The number of rotatable bonds is 5. The fraction of sp³-hybridized carbons (Fsp3) is 0.333. The van der Waals surface area contributed by atoms with Crippen LogP contribution in [0.3, 0.4) is 0 Å². The summed E-state index contributed by atoms with van der Waals surface area (Å²) in [4.78, 5) is 11.8. The zero-order chi connectivity index (χ0) is 13.7. The van der Waals surface area contributed by atoms with Gasteiger partial charge in [-0.3, -0.25) is 9.89 Å². The standard InChI is InChI=1S/C15H19N3O/c1-3-13-10-14(18-17-13)16-15(19)9-8-12-6-4-11(2)5-7-12/h4-7,10H,3,8-9H2,1-2H3,(H2,16,17,18,19). The first-order valence-corrected chi connectivity index (χ1v) is 6.57. The Bertz CT molecular complexity index is 543. The molecule has 0 atom stereocenters. The van der Waals surface area contributed by atoms with Gasteiger partial charge in [0, 0.05) is 18.2 Å². The van der Waals surface area contributed by atoms with E-state index in [1.54, 1.807) is 0 Å². The second-order valence-electron chi connectivity index (χ2n) is 4.67. The monoisotopic (exact) mass is 257 g/mol. The second-order valence-corrected chi connectivity index (χ2v) is 4.67. The van der Waals surface area contributed by atoms with Crippen molar-refractivity contribution >= 4 is 11.7 Å². The van der Waals surface area contributed by atoms with E-state index in [1.165, 1.54) is 11.1 Å². The number of amides is 1. The van der Waals surface area contributed by atoms with Crippen molar-refractivity contribution in [1.29, 1.82) is 0 Å². The summed E-state index contributed by atoms with van der Waals surface area (Å²) >= 11 is 0. The molecule has 100 valence electrons. The predicted octanol–water partition coefficient (Wildman–Crippen LogP) is 2.85. The number of aromatic nitrogens is 2. The van der Waals surface area contributed by atoms with Crippen molar-refractivity contribution in [3.8, 4) is 0 Å². The molecule has 0 saturated heterocycles. The number of aromatic amines is 1. The van der Waals surface area contributed by atoms with E-state index in [1.807, 2.05) is 13.0 Å². The number of hydrogen-bond acceptors (Lipinski definition) is 2. The van der Waals surface area contributed by atoms with Gasteiger partial charge in [0.1, 0.15) is 0 Å². The number of hydrogen-bond donors (Lipinski definition) is 2. The van der Waals surface area contributed by atoms with Gasteiger partial charge in [-0.15, -0.1) is 0 Å². The molecule has 0 spiro atoms. The number of H-pyrrole nitrogens is 1. The second kappa shape index (κ2) is 6.18. The van der Waals surface area contributed by atoms with Crippen molar-refractivity contribution < 1.29 is 4.79 Å². The molecule has 0 aliphatic rings. The highest BCUT2D eigenvalue weighted by Crippen LogP contribution is 2.09. The van der Waals surface area contributed by atoms with Crippen LogP contribution in [0, 0.1) is 6.92 Å². The van der Waals surface area contributed by atoms with Crippen LogP contribution >= 0.6 is 0 Å². The van der Waals surface area contributed by atoms with Crippen molar-refractivity contribution in [3.63, 3.8) is 0 Å². The Kier molecular flexibility index (Phi) is 4.34. The van der Waals surface area contributed by atoms with Crippen LogP contribution in [0.1, 0.15) is 30.2 Å². The summed E-state index contributed by atoms with van der Waals surface area (Å²) in [7, 11) is 0. The zero-order valence-corrected chi connectivity index (χ0v) is 11.4. The highest BCUT2D eigenvalue weighted by molar-refractivity contribution is 5.89. The molecule has 2 rings (SSSR count). The molecule has 1 amide bonds. The molecule has 1 aromatic heterocycles. The fourth-order valence-electron chi connectivity index (χ4n) is 1.82. The van der Waals surface area contributed by atoms with Gasteiger partial charge in [0.15, 0.2) is 5.82 Å². The molecule has 4 heteroatoms. The molecule has 1 heterocycles. The SMILES string of the molecule is CCc1cc(NC(=O)CCc2ccc(C)cc2)n[nH]1. The third kappa shape index (κ3) is 3.95. The lowest BCUT2D eigenvalue weighted by Crippen LogP contribution is -2.12. The number of aryl methyl sites for hydroxylation is 3. The van der Waals surface area contributed by atoms with Gasteiger partial charge in [-0.1, -0.05) is 36.8 Å². The minimum absolute atomic E-state index is 0.00488. The lowest BCUT2D eigenvalue weighted by Gasteiger charge is -2.02. The molecule has 0 fully saturated rings. The zero-order valence-electron chi connectivity index (χ0n) is 11.4. The molecular formula is C15H19N3O. The largest absolute Gasteiger partial charge is 0.309 e. The summed E-state index contributed by atoms with van der Waals surface area (Å²) in [6.45, 7) is 4.09. The Morgan fingerprint density at radius 3 is 2.68 bits per heavy atom. The van der Waals surface area contributed by atoms with Gasteiger partial charge in [0.05, 0.1) is 0 Å². The molecule has 0 saturated carbocycles. The molecule has 0 aliphatic heterocycles. The summed E-state index contributed by atoms with van der Waals surface area (Å²) in [5.41, 5.74) is 3.43. The van der Waals surface area contributed by atoms with Crippen LogP contribution in [-0.2, 0) is 17.6 Å². The van der Waals surface area contributed by atoms with Crippen molar-refractivity contribution in [3.05, 3.63) is 47.2 Å². The van der Waals surface area contributed by atoms with Crippen LogP contribution in [0.2, 0.25) is 0 Å². The van der Waals surface area contributed by atoms with Gasteiger partial charge in [-0.25, -0.2) is 0 Å². The lowest BCUT2D eigenvalue weighted by atomic mass is 10.1. The highest BCUT2D eigenvalue weighted by atomic mass is 16.1. The average Bonchev–Trinajstić information content (AvgIpc) is 2.86. The van der Waals surface area contributed by atoms with Crippen LogP contribution in [0.25, 0.3) is 0 Å². The van der Waals surface area contributed by atoms with Gasteiger partial charge in [-0.2, -0.15) is 5.10 Å². The molecular weight excluding hydrogens is 238 g/mol. The molecule has 4 nitrogen and oxygen atoms in total. The minimum atomic E-state index is -0.00488. The van der Waals surface area contributed by atoms with Crippen LogP contribution in [0.4, 0.5) is 5.82 Å². The van der Waals surface area contributed by atoms with E-state index in [2.05, 4.69) is 46.7 Å². The number of carbonyl (C=O) groups excluding carboxylic acids is 1. The molecule has 0 bridgehead atoms. The summed E-state index contributed by atoms with van der Waals surface area (Å²) in [6.07, 6.45) is 2.10. The summed E-state index contributed by atoms with van der Waals surface area (Å²) < 4.78 is 0.